The first-order valence-electron chi connectivity index (χ1n) is 6.71. The van der Waals surface area contributed by atoms with Crippen LogP contribution in [0.2, 0.25) is 0 Å². The Bertz CT molecular complexity index is 411. The number of halogens is 1. The van der Waals surface area contributed by atoms with E-state index in [1.165, 1.54) is 37.7 Å². The van der Waals surface area contributed by atoms with Crippen LogP contribution in [0.25, 0.3) is 0 Å². The third-order valence-corrected chi connectivity index (χ3v) is 4.21. The van der Waals surface area contributed by atoms with E-state index in [-0.39, 0.29) is 0 Å². The summed E-state index contributed by atoms with van der Waals surface area (Å²) in [5.74, 6) is 1.30. The standard InChI is InChI=1S/C15H21BrN2/c1-18(11-12-6-5-9-14(16)10-12)15(17)13-7-3-2-4-8-13/h5-6,9-10,13,17H,2-4,7-8,11H2,1H3. The SMILES string of the molecule is CN(Cc1cccc(Br)c1)C(=N)C1CCCCC1. The van der Waals surface area contributed by atoms with Crippen molar-refractivity contribution in [3.05, 3.63) is 34.3 Å². The van der Waals surface area contributed by atoms with Crippen molar-refractivity contribution >= 4 is 21.8 Å². The molecule has 2 nitrogen and oxygen atoms in total. The smallest absolute Gasteiger partial charge is 0.0989 e. The topological polar surface area (TPSA) is 27.1 Å². The lowest BCUT2D eigenvalue weighted by Gasteiger charge is -2.29. The van der Waals surface area contributed by atoms with Gasteiger partial charge in [0.15, 0.2) is 0 Å². The van der Waals surface area contributed by atoms with Crippen LogP contribution in [0.1, 0.15) is 37.7 Å². The van der Waals surface area contributed by atoms with Gasteiger partial charge in [-0.3, -0.25) is 5.41 Å². The molecular formula is C15H21BrN2. The van der Waals surface area contributed by atoms with Gasteiger partial charge in [0.2, 0.25) is 0 Å². The van der Waals surface area contributed by atoms with E-state index in [9.17, 15) is 0 Å². The molecule has 0 atom stereocenters. The van der Waals surface area contributed by atoms with Gasteiger partial charge in [0.1, 0.15) is 0 Å². The second-order valence-corrected chi connectivity index (χ2v) is 6.12. The molecule has 1 fully saturated rings. The van der Waals surface area contributed by atoms with Crippen LogP contribution < -0.4 is 0 Å². The average Bonchev–Trinajstić information content (AvgIpc) is 2.39. The Labute approximate surface area is 118 Å². The lowest BCUT2D eigenvalue weighted by Crippen LogP contribution is -2.32. The van der Waals surface area contributed by atoms with Gasteiger partial charge in [0.25, 0.3) is 0 Å². The molecule has 3 heteroatoms. The Morgan fingerprint density at radius 2 is 2.06 bits per heavy atom. The highest BCUT2D eigenvalue weighted by molar-refractivity contribution is 9.10. The molecule has 0 heterocycles. The Morgan fingerprint density at radius 1 is 1.33 bits per heavy atom. The zero-order valence-electron chi connectivity index (χ0n) is 11.0. The Morgan fingerprint density at radius 3 is 2.72 bits per heavy atom. The molecule has 0 aliphatic heterocycles. The van der Waals surface area contributed by atoms with E-state index in [0.717, 1.165) is 16.9 Å². The molecule has 0 saturated heterocycles. The highest BCUT2D eigenvalue weighted by Gasteiger charge is 2.20. The fraction of sp³-hybridized carbons (Fsp3) is 0.533. The van der Waals surface area contributed by atoms with Gasteiger partial charge in [-0.25, -0.2) is 0 Å². The average molecular weight is 309 g/mol. The third kappa shape index (κ3) is 3.58. The summed E-state index contributed by atoms with van der Waals surface area (Å²) in [6.07, 6.45) is 6.32. The van der Waals surface area contributed by atoms with Crippen molar-refractivity contribution in [2.75, 3.05) is 7.05 Å². The Kier molecular flexibility index (Phi) is 4.81. The van der Waals surface area contributed by atoms with E-state index in [1.807, 2.05) is 13.1 Å². The molecule has 1 aromatic rings. The van der Waals surface area contributed by atoms with Crippen molar-refractivity contribution in [3.63, 3.8) is 0 Å². The summed E-state index contributed by atoms with van der Waals surface area (Å²) in [5.41, 5.74) is 1.26. The summed E-state index contributed by atoms with van der Waals surface area (Å²) in [6, 6.07) is 8.34. The Balaban J connectivity index is 1.94. The lowest BCUT2D eigenvalue weighted by atomic mass is 9.88. The van der Waals surface area contributed by atoms with Crippen molar-refractivity contribution in [2.24, 2.45) is 5.92 Å². The summed E-state index contributed by atoms with van der Waals surface area (Å²) in [5, 5.41) is 8.31. The molecule has 0 aromatic heterocycles. The lowest BCUT2D eigenvalue weighted by molar-refractivity contribution is 0.382. The minimum absolute atomic E-state index is 0.482. The molecule has 1 aliphatic carbocycles. The van der Waals surface area contributed by atoms with E-state index in [4.69, 9.17) is 5.41 Å². The van der Waals surface area contributed by atoms with Crippen LogP contribution in [0.4, 0.5) is 0 Å². The molecule has 98 valence electrons. The molecule has 2 rings (SSSR count). The number of nitrogens with one attached hydrogen (secondary N) is 1. The molecule has 1 aromatic carbocycles. The van der Waals surface area contributed by atoms with Crippen LogP contribution in [0.5, 0.6) is 0 Å². The first-order valence-corrected chi connectivity index (χ1v) is 7.50. The predicted octanol–water partition coefficient (Wildman–Crippen LogP) is 4.44. The summed E-state index contributed by atoms with van der Waals surface area (Å²) in [4.78, 5) is 2.10. The maximum absolute atomic E-state index is 8.31. The molecule has 0 spiro atoms. The van der Waals surface area contributed by atoms with Gasteiger partial charge >= 0.3 is 0 Å². The highest BCUT2D eigenvalue weighted by atomic mass is 79.9. The maximum Gasteiger partial charge on any atom is 0.0989 e. The van der Waals surface area contributed by atoms with Crippen molar-refractivity contribution in [1.29, 1.82) is 5.41 Å². The summed E-state index contributed by atoms with van der Waals surface area (Å²) < 4.78 is 1.11. The second kappa shape index (κ2) is 6.37. The normalized spacial score (nSPS) is 16.6. The van der Waals surface area contributed by atoms with E-state index in [1.54, 1.807) is 0 Å². The largest absolute Gasteiger partial charge is 0.359 e. The predicted molar refractivity (Wildman–Crippen MR) is 79.9 cm³/mol. The molecule has 0 unspecified atom stereocenters. The number of hydrogen-bond donors (Lipinski definition) is 1. The zero-order chi connectivity index (χ0) is 13.0. The molecule has 0 bridgehead atoms. The van der Waals surface area contributed by atoms with Gasteiger partial charge in [0.05, 0.1) is 5.84 Å². The van der Waals surface area contributed by atoms with Gasteiger partial charge in [-0.05, 0) is 30.5 Å². The van der Waals surface area contributed by atoms with Crippen LogP contribution in [0, 0.1) is 11.3 Å². The number of hydrogen-bond acceptors (Lipinski definition) is 1. The maximum atomic E-state index is 8.31. The number of benzene rings is 1. The quantitative estimate of drug-likeness (QED) is 0.648. The third-order valence-electron chi connectivity index (χ3n) is 3.71. The molecule has 1 aliphatic rings. The molecule has 0 amide bonds. The van der Waals surface area contributed by atoms with E-state index in [0.29, 0.717) is 5.92 Å². The molecule has 0 radical (unpaired) electrons. The fourth-order valence-electron chi connectivity index (χ4n) is 2.68. The molecule has 1 saturated carbocycles. The summed E-state index contributed by atoms with van der Waals surface area (Å²) in [6.45, 7) is 0.828. The van der Waals surface area contributed by atoms with Crippen molar-refractivity contribution < 1.29 is 0 Å². The van der Waals surface area contributed by atoms with Crippen LogP contribution in [-0.2, 0) is 6.54 Å². The van der Waals surface area contributed by atoms with E-state index in [2.05, 4.69) is 39.0 Å². The minimum Gasteiger partial charge on any atom is -0.359 e. The zero-order valence-corrected chi connectivity index (χ0v) is 12.5. The van der Waals surface area contributed by atoms with Crippen molar-refractivity contribution in [1.82, 2.24) is 4.90 Å². The molecule has 1 N–H and O–H groups in total. The summed E-state index contributed by atoms with van der Waals surface area (Å²) >= 11 is 3.49. The minimum atomic E-state index is 0.482. The first-order chi connectivity index (χ1) is 8.66. The van der Waals surface area contributed by atoms with Crippen molar-refractivity contribution in [3.8, 4) is 0 Å². The van der Waals surface area contributed by atoms with Crippen LogP contribution in [-0.4, -0.2) is 17.8 Å². The van der Waals surface area contributed by atoms with Gasteiger partial charge in [-0.15, -0.1) is 0 Å². The monoisotopic (exact) mass is 308 g/mol. The second-order valence-electron chi connectivity index (χ2n) is 5.21. The van der Waals surface area contributed by atoms with E-state index >= 15 is 0 Å². The molecular weight excluding hydrogens is 288 g/mol. The number of amidine groups is 1. The van der Waals surface area contributed by atoms with Gasteiger partial charge < -0.3 is 4.90 Å². The van der Waals surface area contributed by atoms with Crippen molar-refractivity contribution in [2.45, 2.75) is 38.6 Å². The number of nitrogens with zero attached hydrogens (tertiary/aromatic N) is 1. The van der Waals surface area contributed by atoms with Crippen LogP contribution >= 0.6 is 15.9 Å². The van der Waals surface area contributed by atoms with Gasteiger partial charge in [-0.2, -0.15) is 0 Å². The summed E-state index contributed by atoms with van der Waals surface area (Å²) in [7, 11) is 2.04. The Hall–Kier alpha value is -0.830. The first kappa shape index (κ1) is 13.6. The highest BCUT2D eigenvalue weighted by Crippen LogP contribution is 2.25. The molecule has 18 heavy (non-hydrogen) atoms. The van der Waals surface area contributed by atoms with Gasteiger partial charge in [-0.1, -0.05) is 47.3 Å². The fourth-order valence-corrected chi connectivity index (χ4v) is 3.13. The van der Waals surface area contributed by atoms with Gasteiger partial charge in [0, 0.05) is 24.0 Å². The van der Waals surface area contributed by atoms with Crippen LogP contribution in [0.3, 0.4) is 0 Å². The van der Waals surface area contributed by atoms with E-state index < -0.39 is 0 Å². The number of rotatable bonds is 3. The van der Waals surface area contributed by atoms with Crippen LogP contribution in [0.15, 0.2) is 28.7 Å².